The molecule has 1 rings (SSSR count). The molecule has 0 spiro atoms. The van der Waals surface area contributed by atoms with Crippen LogP contribution in [0.5, 0.6) is 0 Å². The fourth-order valence-electron chi connectivity index (χ4n) is 2.06. The van der Waals surface area contributed by atoms with Gasteiger partial charge in [0, 0.05) is 32.4 Å². The molecule has 0 saturated carbocycles. The van der Waals surface area contributed by atoms with Gasteiger partial charge in [-0.2, -0.15) is 0 Å². The van der Waals surface area contributed by atoms with Crippen molar-refractivity contribution in [2.45, 2.75) is 51.2 Å². The van der Waals surface area contributed by atoms with Gasteiger partial charge < -0.3 is 19.6 Å². The van der Waals surface area contributed by atoms with Gasteiger partial charge in [0.05, 0.1) is 6.61 Å². The lowest BCUT2D eigenvalue weighted by Crippen LogP contribution is -2.47. The van der Waals surface area contributed by atoms with Gasteiger partial charge in [0.25, 0.3) is 0 Å². The van der Waals surface area contributed by atoms with E-state index in [9.17, 15) is 4.79 Å². The highest BCUT2D eigenvalue weighted by atomic mass is 16.6. The largest absolute Gasteiger partial charge is 0.444 e. The first kappa shape index (κ1) is 14.8. The van der Waals surface area contributed by atoms with Crippen molar-refractivity contribution >= 4 is 6.09 Å². The van der Waals surface area contributed by atoms with Gasteiger partial charge in [0.15, 0.2) is 0 Å². The van der Waals surface area contributed by atoms with Gasteiger partial charge in [0.2, 0.25) is 5.54 Å². The fourth-order valence-corrected chi connectivity index (χ4v) is 2.06. The molecular formula is C13H22N2O3. The molecule has 1 saturated heterocycles. The Balaban J connectivity index is 2.54. The van der Waals surface area contributed by atoms with E-state index >= 15 is 0 Å². The van der Waals surface area contributed by atoms with Crippen LogP contribution in [0.2, 0.25) is 0 Å². The molecule has 0 aromatic rings. The zero-order chi connectivity index (χ0) is 13.8. The Bertz CT molecular complexity index is 333. The highest BCUT2D eigenvalue weighted by molar-refractivity contribution is 5.68. The number of ether oxygens (including phenoxy) is 1. The minimum atomic E-state index is -0.493. The number of nitrogens with zero attached hydrogens (tertiary/aromatic N) is 2. The molecular weight excluding hydrogens is 232 g/mol. The highest BCUT2D eigenvalue weighted by Crippen LogP contribution is 2.30. The second-order valence-corrected chi connectivity index (χ2v) is 5.78. The molecule has 18 heavy (non-hydrogen) atoms. The first-order chi connectivity index (χ1) is 8.32. The van der Waals surface area contributed by atoms with Crippen molar-refractivity contribution in [2.24, 2.45) is 0 Å². The summed E-state index contributed by atoms with van der Waals surface area (Å²) in [4.78, 5) is 17.1. The number of hydrogen-bond donors (Lipinski definition) is 1. The minimum Gasteiger partial charge on any atom is -0.444 e. The molecule has 0 aliphatic carbocycles. The number of likely N-dealkylation sites (tertiary alicyclic amines) is 1. The quantitative estimate of drug-likeness (QED) is 0.767. The van der Waals surface area contributed by atoms with E-state index in [0.717, 1.165) is 0 Å². The van der Waals surface area contributed by atoms with Crippen LogP contribution in [0.15, 0.2) is 0 Å². The second kappa shape index (κ2) is 5.57. The number of rotatable bonds is 2. The monoisotopic (exact) mass is 254 g/mol. The van der Waals surface area contributed by atoms with E-state index in [2.05, 4.69) is 4.85 Å². The van der Waals surface area contributed by atoms with E-state index in [1.54, 1.807) is 4.90 Å². The lowest BCUT2D eigenvalue weighted by Gasteiger charge is -2.34. The molecule has 0 radical (unpaired) electrons. The summed E-state index contributed by atoms with van der Waals surface area (Å²) in [5.74, 6) is 0. The van der Waals surface area contributed by atoms with Crippen LogP contribution in [0, 0.1) is 6.57 Å². The zero-order valence-electron chi connectivity index (χ0n) is 11.4. The highest BCUT2D eigenvalue weighted by Gasteiger charge is 2.41. The average molecular weight is 254 g/mol. The van der Waals surface area contributed by atoms with Gasteiger partial charge in [-0.3, -0.25) is 0 Å². The number of aliphatic hydroxyl groups is 1. The van der Waals surface area contributed by atoms with Gasteiger partial charge in [0.1, 0.15) is 5.60 Å². The lowest BCUT2D eigenvalue weighted by molar-refractivity contribution is 0.0175. The Labute approximate surface area is 109 Å². The van der Waals surface area contributed by atoms with Crippen molar-refractivity contribution in [2.75, 3.05) is 19.7 Å². The van der Waals surface area contributed by atoms with Crippen LogP contribution in [0.4, 0.5) is 4.79 Å². The molecule has 1 amide bonds. The Kier molecular flexibility index (Phi) is 4.58. The summed E-state index contributed by atoms with van der Waals surface area (Å²) >= 11 is 0. The van der Waals surface area contributed by atoms with Crippen LogP contribution in [0.25, 0.3) is 4.85 Å². The van der Waals surface area contributed by atoms with Crippen molar-refractivity contribution in [3.05, 3.63) is 11.4 Å². The maximum Gasteiger partial charge on any atom is 0.410 e. The lowest BCUT2D eigenvalue weighted by atomic mass is 9.85. The summed E-state index contributed by atoms with van der Waals surface area (Å²) in [7, 11) is 0. The number of hydrogen-bond acceptors (Lipinski definition) is 3. The van der Waals surface area contributed by atoms with Crippen LogP contribution in [-0.4, -0.2) is 46.9 Å². The van der Waals surface area contributed by atoms with Crippen molar-refractivity contribution in [3.8, 4) is 0 Å². The first-order valence-electron chi connectivity index (χ1n) is 6.29. The summed E-state index contributed by atoms with van der Waals surface area (Å²) in [6.07, 6.45) is 1.38. The molecule has 102 valence electrons. The summed E-state index contributed by atoms with van der Waals surface area (Å²) in [5, 5.41) is 8.99. The van der Waals surface area contributed by atoms with Gasteiger partial charge in [-0.1, -0.05) is 0 Å². The van der Waals surface area contributed by atoms with Crippen LogP contribution < -0.4 is 0 Å². The summed E-state index contributed by atoms with van der Waals surface area (Å²) in [6.45, 7) is 13.8. The Morgan fingerprint density at radius 1 is 1.44 bits per heavy atom. The second-order valence-electron chi connectivity index (χ2n) is 5.78. The Morgan fingerprint density at radius 2 is 2.00 bits per heavy atom. The topological polar surface area (TPSA) is 54.1 Å². The molecule has 0 bridgehead atoms. The van der Waals surface area contributed by atoms with Gasteiger partial charge in [-0.25, -0.2) is 11.4 Å². The predicted molar refractivity (Wildman–Crippen MR) is 68.1 cm³/mol. The molecule has 0 aromatic heterocycles. The number of carbonyl (C=O) groups excluding carboxylic acids is 1. The number of carbonyl (C=O) groups is 1. The zero-order valence-corrected chi connectivity index (χ0v) is 11.4. The van der Waals surface area contributed by atoms with E-state index in [1.807, 2.05) is 20.8 Å². The molecule has 5 nitrogen and oxygen atoms in total. The molecule has 0 atom stereocenters. The predicted octanol–water partition coefficient (Wildman–Crippen LogP) is 2.06. The van der Waals surface area contributed by atoms with E-state index in [0.29, 0.717) is 32.4 Å². The third kappa shape index (κ3) is 3.88. The molecule has 0 aromatic carbocycles. The smallest absolute Gasteiger partial charge is 0.410 e. The minimum absolute atomic E-state index is 0.0226. The Morgan fingerprint density at radius 3 is 2.39 bits per heavy atom. The molecule has 1 aliphatic rings. The van der Waals surface area contributed by atoms with Crippen molar-refractivity contribution in [3.63, 3.8) is 0 Å². The maximum absolute atomic E-state index is 11.8. The van der Waals surface area contributed by atoms with E-state index in [-0.39, 0.29) is 12.7 Å². The van der Waals surface area contributed by atoms with E-state index in [4.69, 9.17) is 16.4 Å². The van der Waals surface area contributed by atoms with Gasteiger partial charge in [-0.15, -0.1) is 0 Å². The number of amides is 1. The van der Waals surface area contributed by atoms with Gasteiger partial charge in [-0.05, 0) is 20.8 Å². The third-order valence-electron chi connectivity index (χ3n) is 3.16. The summed E-state index contributed by atoms with van der Waals surface area (Å²) in [5.41, 5.74) is -0.982. The molecule has 1 fully saturated rings. The molecule has 0 unspecified atom stereocenters. The Hall–Kier alpha value is -1.28. The molecule has 5 heteroatoms. The third-order valence-corrected chi connectivity index (χ3v) is 3.16. The fraction of sp³-hybridized carbons (Fsp3) is 0.846. The van der Waals surface area contributed by atoms with E-state index in [1.165, 1.54) is 0 Å². The molecule has 1 heterocycles. The average Bonchev–Trinajstić information content (AvgIpc) is 2.28. The van der Waals surface area contributed by atoms with Crippen molar-refractivity contribution in [1.82, 2.24) is 4.90 Å². The van der Waals surface area contributed by atoms with Crippen LogP contribution >= 0.6 is 0 Å². The molecule has 1 aliphatic heterocycles. The standard InChI is InChI=1S/C13H22N2O3/c1-12(2,3)18-11(17)15-8-5-13(14-4,6-9-15)7-10-16/h16H,5-10H2,1-3H3. The SMILES string of the molecule is [C-]#[N+]C1(CCO)CCN(C(=O)OC(C)(C)C)CC1. The van der Waals surface area contributed by atoms with Crippen LogP contribution in [-0.2, 0) is 4.74 Å². The first-order valence-corrected chi connectivity index (χ1v) is 6.29. The normalized spacial score (nSPS) is 19.2. The number of piperidine rings is 1. The van der Waals surface area contributed by atoms with Crippen LogP contribution in [0.3, 0.4) is 0 Å². The van der Waals surface area contributed by atoms with Crippen molar-refractivity contribution < 1.29 is 14.6 Å². The van der Waals surface area contributed by atoms with Crippen molar-refractivity contribution in [1.29, 1.82) is 0 Å². The maximum atomic E-state index is 11.8. The van der Waals surface area contributed by atoms with Gasteiger partial charge >= 0.3 is 6.09 Å². The molecule has 1 N–H and O–H groups in total. The van der Waals surface area contributed by atoms with E-state index < -0.39 is 11.1 Å². The summed E-state index contributed by atoms with van der Waals surface area (Å²) < 4.78 is 5.30. The van der Waals surface area contributed by atoms with Crippen LogP contribution in [0.1, 0.15) is 40.0 Å². The number of aliphatic hydroxyl groups excluding tert-OH is 1. The summed E-state index contributed by atoms with van der Waals surface area (Å²) in [6, 6.07) is 0.